The molecule has 2 rings (SSSR count). The monoisotopic (exact) mass is 417 g/mol. The minimum Gasteiger partial charge on any atom is -0.491 e. The summed E-state index contributed by atoms with van der Waals surface area (Å²) in [5.41, 5.74) is 0.807. The third-order valence-electron chi connectivity index (χ3n) is 4.26. The maximum atomic E-state index is 10.5. The lowest BCUT2D eigenvalue weighted by Crippen LogP contribution is -2.39. The van der Waals surface area contributed by atoms with Crippen LogP contribution in [0.2, 0.25) is 0 Å². The number of aliphatic hydroxyl groups excluding tert-OH is 1. The molecule has 0 bridgehead atoms. The first-order valence-electron chi connectivity index (χ1n) is 10.7. The molecule has 2 aromatic rings. The molecule has 0 saturated carbocycles. The van der Waals surface area contributed by atoms with Crippen molar-refractivity contribution in [3.63, 3.8) is 0 Å². The van der Waals surface area contributed by atoms with Crippen molar-refractivity contribution in [2.75, 3.05) is 32.8 Å². The lowest BCUT2D eigenvalue weighted by atomic mass is 10.1. The van der Waals surface area contributed by atoms with Crippen molar-refractivity contribution in [2.45, 2.75) is 45.8 Å². The Morgan fingerprint density at radius 3 is 2.57 bits per heavy atom. The summed E-state index contributed by atoms with van der Waals surface area (Å²) in [7, 11) is 0. The molecular weight excluding hydrogens is 382 g/mol. The van der Waals surface area contributed by atoms with Crippen LogP contribution in [0, 0.1) is 0 Å². The number of rotatable bonds is 13. The summed E-state index contributed by atoms with van der Waals surface area (Å²) < 4.78 is 16.4. The van der Waals surface area contributed by atoms with E-state index >= 15 is 0 Å². The molecule has 1 unspecified atom stereocenters. The molecule has 7 nitrogen and oxygen atoms in total. The fourth-order valence-electron chi connectivity index (χ4n) is 2.78. The molecule has 0 aliphatic heterocycles. The highest BCUT2D eigenvalue weighted by atomic mass is 16.5. The predicted molar refractivity (Wildman–Crippen MR) is 119 cm³/mol. The number of aliphatic hydroxyl groups is 1. The molecule has 0 radical (unpaired) electrons. The van der Waals surface area contributed by atoms with Gasteiger partial charge in [0.2, 0.25) is 0 Å². The summed E-state index contributed by atoms with van der Waals surface area (Å²) in [4.78, 5) is 4.55. The average molecular weight is 418 g/mol. The fraction of sp³-hybridized carbons (Fsp3) is 0.522. The van der Waals surface area contributed by atoms with E-state index in [2.05, 4.69) is 15.6 Å². The van der Waals surface area contributed by atoms with Gasteiger partial charge in [-0.15, -0.1) is 0 Å². The first-order valence-corrected chi connectivity index (χ1v) is 10.7. The number of benzene rings is 1. The summed E-state index contributed by atoms with van der Waals surface area (Å²) in [6, 6.07) is 11.3. The van der Waals surface area contributed by atoms with Crippen LogP contribution in [0.5, 0.6) is 5.75 Å². The Kier molecular flexibility index (Phi) is 10.8. The van der Waals surface area contributed by atoms with Gasteiger partial charge in [0.25, 0.3) is 0 Å². The Labute approximate surface area is 179 Å². The van der Waals surface area contributed by atoms with Gasteiger partial charge in [-0.25, -0.2) is 0 Å². The van der Waals surface area contributed by atoms with Crippen molar-refractivity contribution < 1.29 is 19.0 Å². The zero-order valence-electron chi connectivity index (χ0n) is 18.3. The Morgan fingerprint density at radius 1 is 1.13 bits per heavy atom. The van der Waals surface area contributed by atoms with Gasteiger partial charge >= 0.3 is 0 Å². The maximum absolute atomic E-state index is 10.5. The number of guanidine groups is 1. The van der Waals surface area contributed by atoms with Gasteiger partial charge in [-0.3, -0.25) is 4.99 Å². The molecule has 0 spiro atoms. The average Bonchev–Trinajstić information content (AvgIpc) is 3.24. The van der Waals surface area contributed by atoms with Crippen molar-refractivity contribution in [1.82, 2.24) is 10.6 Å². The highest BCUT2D eigenvalue weighted by Crippen LogP contribution is 2.19. The molecule has 0 aliphatic rings. The smallest absolute Gasteiger partial charge is 0.191 e. The number of nitrogens with zero attached hydrogens (tertiary/aromatic N) is 1. The lowest BCUT2D eigenvalue weighted by molar-refractivity contribution is 0.145. The van der Waals surface area contributed by atoms with E-state index in [9.17, 15) is 5.11 Å². The van der Waals surface area contributed by atoms with Crippen molar-refractivity contribution in [2.24, 2.45) is 4.99 Å². The Bertz CT molecular complexity index is 715. The van der Waals surface area contributed by atoms with Crippen LogP contribution in [0.25, 0.3) is 0 Å². The van der Waals surface area contributed by atoms with Crippen LogP contribution in [-0.4, -0.2) is 50.0 Å². The van der Waals surface area contributed by atoms with Crippen molar-refractivity contribution in [1.29, 1.82) is 0 Å². The van der Waals surface area contributed by atoms with E-state index in [0.29, 0.717) is 19.1 Å². The molecule has 0 amide bonds. The molecule has 166 valence electrons. The van der Waals surface area contributed by atoms with E-state index in [-0.39, 0.29) is 12.6 Å². The van der Waals surface area contributed by atoms with Gasteiger partial charge in [0.15, 0.2) is 5.96 Å². The van der Waals surface area contributed by atoms with E-state index in [1.807, 2.05) is 57.2 Å². The number of aliphatic imine (C=N–C) groups is 1. The molecule has 1 atom stereocenters. The second-order valence-electron chi connectivity index (χ2n) is 7.17. The molecule has 1 heterocycles. The Hall–Kier alpha value is -2.51. The van der Waals surface area contributed by atoms with Gasteiger partial charge < -0.3 is 29.6 Å². The number of ether oxygens (including phenoxy) is 2. The molecule has 3 N–H and O–H groups in total. The maximum Gasteiger partial charge on any atom is 0.191 e. The van der Waals surface area contributed by atoms with E-state index in [4.69, 9.17) is 13.9 Å². The van der Waals surface area contributed by atoms with Crippen LogP contribution in [0.1, 0.15) is 44.6 Å². The van der Waals surface area contributed by atoms with E-state index in [0.717, 1.165) is 43.1 Å². The van der Waals surface area contributed by atoms with Gasteiger partial charge in [-0.2, -0.15) is 0 Å². The first kappa shape index (κ1) is 23.8. The van der Waals surface area contributed by atoms with Crippen molar-refractivity contribution in [3.8, 4) is 5.75 Å². The van der Waals surface area contributed by atoms with Gasteiger partial charge in [0.05, 0.1) is 25.0 Å². The summed E-state index contributed by atoms with van der Waals surface area (Å²) in [6.07, 6.45) is 2.74. The predicted octanol–water partition coefficient (Wildman–Crippen LogP) is 3.30. The normalized spacial score (nSPS) is 12.8. The minimum absolute atomic E-state index is 0.119. The molecule has 1 aromatic heterocycles. The molecule has 1 aromatic carbocycles. The number of hydrogen-bond acceptors (Lipinski definition) is 5. The zero-order valence-corrected chi connectivity index (χ0v) is 18.3. The van der Waals surface area contributed by atoms with Crippen LogP contribution < -0.4 is 15.4 Å². The molecular formula is C23H35N3O4. The summed E-state index contributed by atoms with van der Waals surface area (Å²) in [5, 5.41) is 17.1. The van der Waals surface area contributed by atoms with Gasteiger partial charge in [-0.05, 0) is 57.0 Å². The summed E-state index contributed by atoms with van der Waals surface area (Å²) in [5.74, 6) is 2.37. The van der Waals surface area contributed by atoms with Gasteiger partial charge in [0.1, 0.15) is 11.5 Å². The van der Waals surface area contributed by atoms with Crippen LogP contribution in [0.3, 0.4) is 0 Å². The molecule has 0 fully saturated rings. The second-order valence-corrected chi connectivity index (χ2v) is 7.17. The van der Waals surface area contributed by atoms with E-state index < -0.39 is 6.10 Å². The number of hydrogen-bond donors (Lipinski definition) is 3. The lowest BCUT2D eigenvalue weighted by Gasteiger charge is -2.15. The van der Waals surface area contributed by atoms with Crippen LogP contribution >= 0.6 is 0 Å². The third-order valence-corrected chi connectivity index (χ3v) is 4.26. The molecule has 0 aliphatic carbocycles. The topological polar surface area (TPSA) is 88.2 Å². The SMILES string of the molecule is CCOCCCNC(=NCC(O)c1ccc(OC(C)C)cc1)NCCc1ccco1. The zero-order chi connectivity index (χ0) is 21.6. The van der Waals surface area contributed by atoms with E-state index in [1.54, 1.807) is 6.26 Å². The van der Waals surface area contributed by atoms with Gasteiger partial charge in [0, 0.05) is 32.7 Å². The van der Waals surface area contributed by atoms with Crippen LogP contribution in [0.15, 0.2) is 52.1 Å². The standard InChI is InChI=1S/C23H35N3O4/c1-4-28-15-6-13-24-23(25-14-12-20-7-5-16-29-20)26-17-22(27)19-8-10-21(11-9-19)30-18(2)3/h5,7-11,16,18,22,27H,4,6,12-15,17H2,1-3H3,(H2,24,25,26). The second kappa shape index (κ2) is 13.7. The quantitative estimate of drug-likeness (QED) is 0.263. The van der Waals surface area contributed by atoms with Crippen molar-refractivity contribution >= 4 is 5.96 Å². The highest BCUT2D eigenvalue weighted by molar-refractivity contribution is 5.79. The van der Waals surface area contributed by atoms with Gasteiger partial charge in [-0.1, -0.05) is 12.1 Å². The van der Waals surface area contributed by atoms with Crippen LogP contribution in [-0.2, 0) is 11.2 Å². The Morgan fingerprint density at radius 2 is 1.90 bits per heavy atom. The summed E-state index contributed by atoms with van der Waals surface area (Å²) >= 11 is 0. The number of furan rings is 1. The number of nitrogens with one attached hydrogen (secondary N) is 2. The fourth-order valence-corrected chi connectivity index (χ4v) is 2.78. The largest absolute Gasteiger partial charge is 0.491 e. The third kappa shape index (κ3) is 9.33. The minimum atomic E-state index is -0.690. The summed E-state index contributed by atoms with van der Waals surface area (Å²) in [6.45, 7) is 9.06. The van der Waals surface area contributed by atoms with Crippen LogP contribution in [0.4, 0.5) is 0 Å². The molecule has 30 heavy (non-hydrogen) atoms. The Balaban J connectivity index is 1.87. The van der Waals surface area contributed by atoms with E-state index in [1.165, 1.54) is 0 Å². The molecule has 0 saturated heterocycles. The highest BCUT2D eigenvalue weighted by Gasteiger charge is 2.09. The van der Waals surface area contributed by atoms with Crippen molar-refractivity contribution in [3.05, 3.63) is 54.0 Å². The molecule has 7 heteroatoms. The first-order chi connectivity index (χ1) is 14.6.